The van der Waals surface area contributed by atoms with E-state index >= 15 is 0 Å². The molecule has 0 radical (unpaired) electrons. The van der Waals surface area contributed by atoms with Crippen LogP contribution in [0.4, 0.5) is 0 Å². The number of aromatic amines is 1. The minimum atomic E-state index is -4.19. The highest BCUT2D eigenvalue weighted by Gasteiger charge is 2.19. The number of nitrogens with one attached hydrogen (secondary N) is 3. The Balaban J connectivity index is 1.81. The maximum absolute atomic E-state index is 12.3. The zero-order valence-corrected chi connectivity index (χ0v) is 14.8. The molecule has 0 aliphatic heterocycles. The lowest BCUT2D eigenvalue weighted by molar-refractivity contribution is 0.0947. The van der Waals surface area contributed by atoms with Gasteiger partial charge in [0.15, 0.2) is 0 Å². The third kappa shape index (κ3) is 3.60. The summed E-state index contributed by atoms with van der Waals surface area (Å²) in [6, 6.07) is 11.5. The van der Waals surface area contributed by atoms with E-state index < -0.39 is 26.0 Å². The number of rotatable bonds is 5. The van der Waals surface area contributed by atoms with Crippen molar-refractivity contribution in [1.82, 2.24) is 15.2 Å². The summed E-state index contributed by atoms with van der Waals surface area (Å²) >= 11 is 0. The molecule has 9 nitrogen and oxygen atoms in total. The number of sulfonamides is 2. The van der Waals surface area contributed by atoms with Crippen molar-refractivity contribution >= 4 is 36.9 Å². The molecule has 2 aromatic carbocycles. The number of carbonyl (C=O) groups is 1. The Morgan fingerprint density at radius 2 is 1.65 bits per heavy atom. The molecule has 0 aliphatic rings. The minimum absolute atomic E-state index is 0.251. The van der Waals surface area contributed by atoms with Crippen LogP contribution in [0.1, 0.15) is 10.4 Å². The molecule has 0 fully saturated rings. The molecule has 1 aromatic heterocycles. The van der Waals surface area contributed by atoms with Crippen LogP contribution in [0.2, 0.25) is 0 Å². The number of amides is 1. The Morgan fingerprint density at radius 1 is 0.962 bits per heavy atom. The monoisotopic (exact) mass is 394 g/mol. The van der Waals surface area contributed by atoms with E-state index in [1.807, 2.05) is 4.83 Å². The lowest BCUT2D eigenvalue weighted by atomic mass is 10.2. The quantitative estimate of drug-likeness (QED) is 0.463. The summed E-state index contributed by atoms with van der Waals surface area (Å²) in [4.78, 5) is 16.4. The van der Waals surface area contributed by atoms with Crippen LogP contribution in [-0.4, -0.2) is 27.7 Å². The fourth-order valence-corrected chi connectivity index (χ4v) is 3.84. The van der Waals surface area contributed by atoms with E-state index in [9.17, 15) is 21.6 Å². The Hall–Kier alpha value is -2.73. The molecular formula is C15H14N4O5S2. The molecule has 0 saturated carbocycles. The lowest BCUT2D eigenvalue weighted by Gasteiger charge is -2.09. The van der Waals surface area contributed by atoms with Crippen molar-refractivity contribution in [3.63, 3.8) is 0 Å². The van der Waals surface area contributed by atoms with Gasteiger partial charge >= 0.3 is 0 Å². The Bertz CT molecular complexity index is 1200. The highest BCUT2D eigenvalue weighted by Crippen LogP contribution is 2.18. The predicted octanol–water partition coefficient (Wildman–Crippen LogP) is 0.439. The van der Waals surface area contributed by atoms with Crippen molar-refractivity contribution in [3.05, 3.63) is 60.3 Å². The topological polar surface area (TPSA) is 151 Å². The van der Waals surface area contributed by atoms with Gasteiger partial charge < -0.3 is 4.98 Å². The molecule has 3 aromatic rings. The second kappa shape index (κ2) is 6.53. The van der Waals surface area contributed by atoms with Gasteiger partial charge in [-0.25, -0.2) is 22.0 Å². The van der Waals surface area contributed by atoms with Gasteiger partial charge in [-0.1, -0.05) is 24.3 Å². The van der Waals surface area contributed by atoms with Gasteiger partial charge in [0.25, 0.3) is 15.9 Å². The molecule has 3 rings (SSSR count). The van der Waals surface area contributed by atoms with Crippen molar-refractivity contribution in [1.29, 1.82) is 0 Å². The molecule has 26 heavy (non-hydrogen) atoms. The zero-order chi connectivity index (χ0) is 18.9. The minimum Gasteiger partial charge on any atom is -0.360 e. The van der Waals surface area contributed by atoms with E-state index in [-0.39, 0.29) is 15.4 Å². The summed E-state index contributed by atoms with van der Waals surface area (Å²) in [7, 11) is -8.25. The van der Waals surface area contributed by atoms with Gasteiger partial charge in [-0.15, -0.1) is 4.83 Å². The van der Waals surface area contributed by atoms with Crippen molar-refractivity contribution in [2.24, 2.45) is 5.14 Å². The molecule has 0 spiro atoms. The molecule has 0 atom stereocenters. The molecule has 0 aliphatic carbocycles. The number of nitrogens with two attached hydrogens (primary N) is 1. The van der Waals surface area contributed by atoms with Gasteiger partial charge in [-0.2, -0.15) is 0 Å². The number of para-hydroxylation sites is 1. The van der Waals surface area contributed by atoms with E-state index in [1.165, 1.54) is 24.4 Å². The van der Waals surface area contributed by atoms with Gasteiger partial charge in [0, 0.05) is 17.1 Å². The Kier molecular flexibility index (Phi) is 4.54. The van der Waals surface area contributed by atoms with Gasteiger partial charge in [0.2, 0.25) is 10.0 Å². The van der Waals surface area contributed by atoms with E-state index in [2.05, 4.69) is 10.4 Å². The van der Waals surface area contributed by atoms with E-state index in [0.717, 1.165) is 11.6 Å². The van der Waals surface area contributed by atoms with E-state index in [4.69, 9.17) is 5.14 Å². The third-order valence-corrected chi connectivity index (χ3v) is 5.73. The average molecular weight is 394 g/mol. The molecule has 11 heteroatoms. The fourth-order valence-electron chi connectivity index (χ4n) is 2.32. The van der Waals surface area contributed by atoms with E-state index in [1.54, 1.807) is 24.3 Å². The Labute approximate surface area is 149 Å². The standard InChI is InChI=1S/C15H14N4O5S2/c16-25(21,22)10-4-3-5-11(8-10)26(23,24)19-18-15(20)13-9-17-14-7-2-1-6-12(13)14/h1-9,17,19H,(H,18,20)(H2,16,21,22). The molecule has 1 heterocycles. The number of primary sulfonamides is 1. The third-order valence-electron chi connectivity index (χ3n) is 3.58. The van der Waals surface area contributed by atoms with Crippen LogP contribution in [0.5, 0.6) is 0 Å². The van der Waals surface area contributed by atoms with Crippen LogP contribution in [0.25, 0.3) is 10.9 Å². The molecule has 0 saturated heterocycles. The number of benzene rings is 2. The first-order valence-electron chi connectivity index (χ1n) is 7.19. The van der Waals surface area contributed by atoms with Crippen LogP contribution < -0.4 is 15.4 Å². The normalized spacial score (nSPS) is 12.2. The van der Waals surface area contributed by atoms with Crippen molar-refractivity contribution < 1.29 is 21.6 Å². The number of aromatic nitrogens is 1. The van der Waals surface area contributed by atoms with Gasteiger partial charge in [0.1, 0.15) is 0 Å². The van der Waals surface area contributed by atoms with Crippen molar-refractivity contribution in [3.8, 4) is 0 Å². The lowest BCUT2D eigenvalue weighted by Crippen LogP contribution is -2.41. The number of carbonyl (C=O) groups excluding carboxylic acids is 1. The SMILES string of the molecule is NS(=O)(=O)c1cccc(S(=O)(=O)NNC(=O)c2c[nH]c3ccccc23)c1. The summed E-state index contributed by atoms with van der Waals surface area (Å²) in [5.41, 5.74) is 3.07. The summed E-state index contributed by atoms with van der Waals surface area (Å²) < 4.78 is 47.3. The highest BCUT2D eigenvalue weighted by atomic mass is 32.2. The second-order valence-corrected chi connectivity index (χ2v) is 8.57. The first kappa shape index (κ1) is 18.1. The average Bonchev–Trinajstić information content (AvgIpc) is 3.03. The number of fused-ring (bicyclic) bond motifs is 1. The largest absolute Gasteiger partial charge is 0.360 e. The molecule has 5 N–H and O–H groups in total. The van der Waals surface area contributed by atoms with Gasteiger partial charge in [-0.05, 0) is 24.3 Å². The maximum Gasteiger partial charge on any atom is 0.268 e. The first-order valence-corrected chi connectivity index (χ1v) is 10.2. The highest BCUT2D eigenvalue weighted by molar-refractivity contribution is 7.90. The molecule has 0 bridgehead atoms. The number of H-pyrrole nitrogens is 1. The van der Waals surface area contributed by atoms with Crippen LogP contribution >= 0.6 is 0 Å². The fraction of sp³-hybridized carbons (Fsp3) is 0. The zero-order valence-electron chi connectivity index (χ0n) is 13.1. The smallest absolute Gasteiger partial charge is 0.268 e. The van der Waals surface area contributed by atoms with Crippen LogP contribution in [-0.2, 0) is 20.0 Å². The number of hydrogen-bond acceptors (Lipinski definition) is 5. The van der Waals surface area contributed by atoms with Crippen LogP contribution in [0.15, 0.2) is 64.5 Å². The summed E-state index contributed by atoms with van der Waals surface area (Å²) in [6.45, 7) is 0. The number of hydrogen-bond donors (Lipinski definition) is 4. The number of hydrazine groups is 1. The molecular weight excluding hydrogens is 380 g/mol. The predicted molar refractivity (Wildman–Crippen MR) is 93.9 cm³/mol. The van der Waals surface area contributed by atoms with Gasteiger partial charge in [0.05, 0.1) is 15.4 Å². The maximum atomic E-state index is 12.3. The summed E-state index contributed by atoms with van der Waals surface area (Å²) in [5, 5.41) is 5.62. The first-order chi connectivity index (χ1) is 12.2. The summed E-state index contributed by atoms with van der Waals surface area (Å²) in [5.74, 6) is -0.673. The molecule has 1 amide bonds. The Morgan fingerprint density at radius 3 is 2.38 bits per heavy atom. The van der Waals surface area contributed by atoms with Crippen LogP contribution in [0, 0.1) is 0 Å². The summed E-state index contributed by atoms with van der Waals surface area (Å²) in [6.07, 6.45) is 1.45. The van der Waals surface area contributed by atoms with E-state index in [0.29, 0.717) is 5.39 Å². The van der Waals surface area contributed by atoms with Crippen molar-refractivity contribution in [2.75, 3.05) is 0 Å². The van der Waals surface area contributed by atoms with Crippen molar-refractivity contribution in [2.45, 2.75) is 9.79 Å². The second-order valence-electron chi connectivity index (χ2n) is 5.33. The molecule has 0 unspecified atom stereocenters. The van der Waals surface area contributed by atoms with Gasteiger partial charge in [-0.3, -0.25) is 10.2 Å². The van der Waals surface area contributed by atoms with Crippen LogP contribution in [0.3, 0.4) is 0 Å². The molecule has 136 valence electrons.